The Bertz CT molecular complexity index is 682. The van der Waals surface area contributed by atoms with Gasteiger partial charge in [-0.2, -0.15) is 0 Å². The lowest BCUT2D eigenvalue weighted by atomic mass is 10.1. The number of hydrogen-bond donors (Lipinski definition) is 3. The first kappa shape index (κ1) is 18.6. The zero-order valence-electron chi connectivity index (χ0n) is 15.2. The lowest BCUT2D eigenvalue weighted by Gasteiger charge is -2.29. The van der Waals surface area contributed by atoms with Crippen LogP contribution in [0.5, 0.6) is 0 Å². The Hall–Kier alpha value is -2.18. The van der Waals surface area contributed by atoms with Crippen molar-refractivity contribution in [3.05, 3.63) is 54.2 Å². The summed E-state index contributed by atoms with van der Waals surface area (Å²) in [4.78, 5) is 13.9. The number of benzene rings is 1. The maximum atomic E-state index is 13.0. The number of carbonyl (C=O) groups excluding carboxylic acids is 1. The number of likely N-dealkylation sites (tertiary alicyclic amines) is 1. The summed E-state index contributed by atoms with van der Waals surface area (Å²) >= 11 is 0. The fraction of sp³-hybridized carbons (Fsp3) is 0.450. The maximum Gasteiger partial charge on any atom is 0.282 e. The number of furan rings is 1. The van der Waals surface area contributed by atoms with Crippen LogP contribution in [0.4, 0.5) is 10.1 Å². The number of halogens is 1. The summed E-state index contributed by atoms with van der Waals surface area (Å²) < 4.78 is 18.6. The number of amides is 1. The third kappa shape index (κ3) is 4.93. The summed E-state index contributed by atoms with van der Waals surface area (Å²) in [6.45, 7) is 4.98. The van der Waals surface area contributed by atoms with Gasteiger partial charge in [0.25, 0.3) is 5.91 Å². The van der Waals surface area contributed by atoms with Crippen LogP contribution in [0.2, 0.25) is 0 Å². The van der Waals surface area contributed by atoms with Crippen molar-refractivity contribution in [1.29, 1.82) is 0 Å². The van der Waals surface area contributed by atoms with Crippen LogP contribution in [0, 0.1) is 5.82 Å². The van der Waals surface area contributed by atoms with E-state index in [1.807, 2.05) is 19.1 Å². The first-order chi connectivity index (χ1) is 12.6. The number of anilines is 1. The minimum absolute atomic E-state index is 0.0801. The molecule has 0 spiro atoms. The van der Waals surface area contributed by atoms with Crippen molar-refractivity contribution in [2.45, 2.75) is 38.3 Å². The minimum Gasteiger partial charge on any atom is -0.463 e. The molecule has 140 valence electrons. The number of quaternary nitrogens is 2. The third-order valence-corrected chi connectivity index (χ3v) is 5.13. The summed E-state index contributed by atoms with van der Waals surface area (Å²) in [6.07, 6.45) is 5.51. The molecule has 1 aromatic heterocycles. The fourth-order valence-electron chi connectivity index (χ4n) is 3.56. The normalized spacial score (nSPS) is 17.6. The van der Waals surface area contributed by atoms with E-state index in [0.717, 1.165) is 25.4 Å². The van der Waals surface area contributed by atoms with Crippen molar-refractivity contribution in [1.82, 2.24) is 0 Å². The number of rotatable bonds is 7. The molecule has 0 radical (unpaired) electrons. The van der Waals surface area contributed by atoms with Crippen molar-refractivity contribution >= 4 is 11.6 Å². The number of piperidine rings is 1. The molecule has 2 atom stereocenters. The highest BCUT2D eigenvalue weighted by molar-refractivity contribution is 5.93. The van der Waals surface area contributed by atoms with Crippen LogP contribution in [0.3, 0.4) is 0 Å². The van der Waals surface area contributed by atoms with Crippen LogP contribution in [0.25, 0.3) is 0 Å². The van der Waals surface area contributed by atoms with Gasteiger partial charge in [-0.15, -0.1) is 0 Å². The number of nitrogens with one attached hydrogen (secondary N) is 2. The Morgan fingerprint density at radius 3 is 2.62 bits per heavy atom. The topological polar surface area (TPSA) is 63.3 Å². The molecule has 0 unspecified atom stereocenters. The van der Waals surface area contributed by atoms with E-state index < -0.39 is 0 Å². The molecular formula is C20H28FN3O2+2. The number of carbonyl (C=O) groups is 1. The largest absolute Gasteiger partial charge is 0.463 e. The van der Waals surface area contributed by atoms with Gasteiger partial charge in [0.15, 0.2) is 17.8 Å². The van der Waals surface area contributed by atoms with E-state index in [2.05, 4.69) is 10.6 Å². The molecule has 0 saturated carbocycles. The summed E-state index contributed by atoms with van der Waals surface area (Å²) in [6, 6.07) is 9.81. The minimum atomic E-state index is -0.312. The molecule has 6 heteroatoms. The van der Waals surface area contributed by atoms with Gasteiger partial charge in [-0.05, 0) is 62.6 Å². The molecule has 2 aromatic rings. The van der Waals surface area contributed by atoms with Gasteiger partial charge in [0.2, 0.25) is 0 Å². The van der Waals surface area contributed by atoms with Crippen LogP contribution in [0.15, 0.2) is 47.1 Å². The van der Waals surface area contributed by atoms with Gasteiger partial charge in [-0.3, -0.25) is 4.79 Å². The van der Waals surface area contributed by atoms with Gasteiger partial charge in [0.05, 0.1) is 19.4 Å². The molecule has 1 aliphatic rings. The second-order valence-electron chi connectivity index (χ2n) is 7.04. The Labute approximate surface area is 153 Å². The predicted octanol–water partition coefficient (Wildman–Crippen LogP) is 1.12. The second kappa shape index (κ2) is 8.96. The second-order valence-corrected chi connectivity index (χ2v) is 7.04. The van der Waals surface area contributed by atoms with E-state index in [4.69, 9.17) is 4.42 Å². The molecule has 1 fully saturated rings. The lowest BCUT2D eigenvalue weighted by Crippen LogP contribution is -3.16. The molecule has 26 heavy (non-hydrogen) atoms. The number of hydrogen-bond acceptors (Lipinski definition) is 2. The molecule has 2 heterocycles. The molecular weight excluding hydrogens is 333 g/mol. The molecule has 1 amide bonds. The molecule has 3 rings (SSSR count). The van der Waals surface area contributed by atoms with E-state index in [9.17, 15) is 9.18 Å². The highest BCUT2D eigenvalue weighted by atomic mass is 19.1. The van der Waals surface area contributed by atoms with E-state index in [0.29, 0.717) is 5.69 Å². The predicted molar refractivity (Wildman–Crippen MR) is 97.3 cm³/mol. The average Bonchev–Trinajstić information content (AvgIpc) is 3.19. The standard InChI is InChI=1S/C20H26FN3O2/c1-15(20(25)23-17-9-7-16(21)8-10-17)22-14-18(19-6-5-13-26-19)24-11-3-2-4-12-24/h5-10,13,15,18,22H,2-4,11-12,14H2,1H3,(H,23,25)/p+2/t15-,18-/m0/s1. The van der Waals surface area contributed by atoms with Gasteiger partial charge in [-0.25, -0.2) is 4.39 Å². The fourth-order valence-corrected chi connectivity index (χ4v) is 3.56. The smallest absolute Gasteiger partial charge is 0.282 e. The molecule has 1 aliphatic heterocycles. The maximum absolute atomic E-state index is 13.0. The van der Waals surface area contributed by atoms with Crippen molar-refractivity contribution in [2.75, 3.05) is 25.0 Å². The van der Waals surface area contributed by atoms with Crippen molar-refractivity contribution in [3.63, 3.8) is 0 Å². The van der Waals surface area contributed by atoms with Crippen molar-refractivity contribution in [3.8, 4) is 0 Å². The molecule has 1 saturated heterocycles. The van der Waals surface area contributed by atoms with E-state index in [1.165, 1.54) is 36.3 Å². The number of nitrogens with two attached hydrogens (primary N) is 1. The van der Waals surface area contributed by atoms with Crippen LogP contribution < -0.4 is 15.5 Å². The zero-order valence-corrected chi connectivity index (χ0v) is 15.2. The Morgan fingerprint density at radius 2 is 1.96 bits per heavy atom. The molecule has 0 bridgehead atoms. The molecule has 1 aromatic carbocycles. The van der Waals surface area contributed by atoms with E-state index in [1.54, 1.807) is 18.4 Å². The Morgan fingerprint density at radius 1 is 1.23 bits per heavy atom. The first-order valence-electron chi connectivity index (χ1n) is 9.41. The summed E-state index contributed by atoms with van der Waals surface area (Å²) in [5, 5.41) is 4.90. The Balaban J connectivity index is 1.57. The van der Waals surface area contributed by atoms with Crippen molar-refractivity contribution < 1.29 is 23.8 Å². The van der Waals surface area contributed by atoms with Crippen LogP contribution in [-0.2, 0) is 4.79 Å². The van der Waals surface area contributed by atoms with Crippen LogP contribution >= 0.6 is 0 Å². The summed E-state index contributed by atoms with van der Waals surface area (Å²) in [7, 11) is 0. The average molecular weight is 361 g/mol. The highest BCUT2D eigenvalue weighted by Gasteiger charge is 2.31. The quantitative estimate of drug-likeness (QED) is 0.692. The van der Waals surface area contributed by atoms with Gasteiger partial charge >= 0.3 is 0 Å². The lowest BCUT2D eigenvalue weighted by molar-refractivity contribution is -0.951. The van der Waals surface area contributed by atoms with Crippen LogP contribution in [-0.4, -0.2) is 31.6 Å². The van der Waals surface area contributed by atoms with Gasteiger partial charge in [0.1, 0.15) is 12.4 Å². The summed E-state index contributed by atoms with van der Waals surface area (Å²) in [5.41, 5.74) is 0.612. The third-order valence-electron chi connectivity index (χ3n) is 5.13. The Kier molecular flexibility index (Phi) is 6.41. The van der Waals surface area contributed by atoms with Crippen molar-refractivity contribution in [2.24, 2.45) is 0 Å². The van der Waals surface area contributed by atoms with Gasteiger partial charge in [-0.1, -0.05) is 0 Å². The van der Waals surface area contributed by atoms with E-state index in [-0.39, 0.29) is 23.8 Å². The first-order valence-corrected chi connectivity index (χ1v) is 9.41. The molecule has 4 N–H and O–H groups in total. The summed E-state index contributed by atoms with van der Waals surface area (Å²) in [5.74, 6) is 0.598. The molecule has 5 nitrogen and oxygen atoms in total. The monoisotopic (exact) mass is 361 g/mol. The van der Waals surface area contributed by atoms with Gasteiger partial charge in [0, 0.05) is 5.69 Å². The van der Waals surface area contributed by atoms with Gasteiger partial charge < -0.3 is 20.0 Å². The zero-order chi connectivity index (χ0) is 18.4. The molecule has 0 aliphatic carbocycles. The van der Waals surface area contributed by atoms with Crippen LogP contribution in [0.1, 0.15) is 38.0 Å². The SMILES string of the molecule is C[C@H]([NH2+]C[C@@H](c1ccco1)[NH+]1CCCCC1)C(=O)Nc1ccc(F)cc1. The van der Waals surface area contributed by atoms with E-state index >= 15 is 0 Å². The highest BCUT2D eigenvalue weighted by Crippen LogP contribution is 2.11.